The Morgan fingerprint density at radius 2 is 1.79 bits per heavy atom. The predicted octanol–water partition coefficient (Wildman–Crippen LogP) is 4.76. The van der Waals surface area contributed by atoms with Crippen LogP contribution < -0.4 is 14.2 Å². The number of carbonyl (C=O) groups is 1. The third-order valence-electron chi connectivity index (χ3n) is 4.48. The van der Waals surface area contributed by atoms with E-state index in [1.54, 1.807) is 6.07 Å². The molecule has 0 unspecified atom stereocenters. The van der Waals surface area contributed by atoms with Crippen molar-refractivity contribution < 1.29 is 23.7 Å². The lowest BCUT2D eigenvalue weighted by Crippen LogP contribution is -2.27. The van der Waals surface area contributed by atoms with Crippen LogP contribution in [0, 0.1) is 0 Å². The first-order valence-electron chi connectivity index (χ1n) is 8.93. The standard InChI is InChI=1S/C23H24O5/c1-23(2)12-11-16-19(28-23)14-20(26-4)21(22(16)27-5)17(24)13-18(25-3)15-9-7-6-8-10-15/h6-14H,1-5H3/b18-13-. The lowest BCUT2D eigenvalue weighted by Gasteiger charge is -2.29. The summed E-state index contributed by atoms with van der Waals surface area (Å²) in [5.41, 5.74) is 1.38. The average Bonchev–Trinajstić information content (AvgIpc) is 2.70. The van der Waals surface area contributed by atoms with E-state index >= 15 is 0 Å². The summed E-state index contributed by atoms with van der Waals surface area (Å²) < 4.78 is 22.5. The normalized spacial score (nSPS) is 14.7. The Balaban J connectivity index is 2.13. The van der Waals surface area contributed by atoms with E-state index < -0.39 is 5.60 Å². The number of fused-ring (bicyclic) bond motifs is 1. The van der Waals surface area contributed by atoms with E-state index in [4.69, 9.17) is 18.9 Å². The summed E-state index contributed by atoms with van der Waals surface area (Å²) in [4.78, 5) is 13.2. The molecule has 0 atom stereocenters. The summed E-state index contributed by atoms with van der Waals surface area (Å²) in [5.74, 6) is 1.57. The van der Waals surface area contributed by atoms with Crippen molar-refractivity contribution in [1.29, 1.82) is 0 Å². The monoisotopic (exact) mass is 380 g/mol. The summed E-state index contributed by atoms with van der Waals surface area (Å²) in [5, 5.41) is 0. The van der Waals surface area contributed by atoms with Crippen LogP contribution in [0.25, 0.3) is 11.8 Å². The van der Waals surface area contributed by atoms with E-state index in [0.717, 1.165) is 5.56 Å². The predicted molar refractivity (Wildman–Crippen MR) is 109 cm³/mol. The van der Waals surface area contributed by atoms with Crippen molar-refractivity contribution in [3.8, 4) is 17.2 Å². The van der Waals surface area contributed by atoms with Gasteiger partial charge in [0.05, 0.1) is 26.9 Å². The van der Waals surface area contributed by atoms with Gasteiger partial charge in [0.1, 0.15) is 34.2 Å². The Kier molecular flexibility index (Phi) is 5.45. The zero-order valence-corrected chi connectivity index (χ0v) is 16.7. The van der Waals surface area contributed by atoms with Gasteiger partial charge in [-0.3, -0.25) is 4.79 Å². The topological polar surface area (TPSA) is 54.0 Å². The molecule has 5 heteroatoms. The Hall–Kier alpha value is -3.21. The molecule has 146 valence electrons. The maximum absolute atomic E-state index is 13.2. The number of ether oxygens (including phenoxy) is 4. The van der Waals surface area contributed by atoms with Gasteiger partial charge in [0.2, 0.25) is 0 Å². The van der Waals surface area contributed by atoms with Gasteiger partial charge in [-0.2, -0.15) is 0 Å². The number of benzene rings is 2. The molecular formula is C23H24O5. The fourth-order valence-electron chi connectivity index (χ4n) is 3.13. The number of rotatable bonds is 6. The van der Waals surface area contributed by atoms with Crippen LogP contribution in [0.1, 0.15) is 35.3 Å². The van der Waals surface area contributed by atoms with Crippen LogP contribution in [0.5, 0.6) is 17.2 Å². The molecule has 0 bridgehead atoms. The fraction of sp³-hybridized carbons (Fsp3) is 0.261. The smallest absolute Gasteiger partial charge is 0.197 e. The highest BCUT2D eigenvalue weighted by Crippen LogP contribution is 2.44. The van der Waals surface area contributed by atoms with Gasteiger partial charge in [0.15, 0.2) is 5.78 Å². The molecule has 0 aliphatic carbocycles. The first kappa shape index (κ1) is 19.5. The molecule has 0 spiro atoms. The van der Waals surface area contributed by atoms with Crippen molar-refractivity contribution >= 4 is 17.6 Å². The molecule has 0 aromatic heterocycles. The molecule has 28 heavy (non-hydrogen) atoms. The van der Waals surface area contributed by atoms with Crippen LogP contribution in [0.3, 0.4) is 0 Å². The summed E-state index contributed by atoms with van der Waals surface area (Å²) in [7, 11) is 4.57. The van der Waals surface area contributed by atoms with Crippen LogP contribution in [-0.4, -0.2) is 32.7 Å². The molecule has 1 heterocycles. The molecule has 1 aliphatic heterocycles. The van der Waals surface area contributed by atoms with Gasteiger partial charge < -0.3 is 18.9 Å². The molecular weight excluding hydrogens is 356 g/mol. The first-order chi connectivity index (χ1) is 13.4. The number of carbonyl (C=O) groups excluding carboxylic acids is 1. The van der Waals surface area contributed by atoms with Crippen molar-refractivity contribution in [2.24, 2.45) is 0 Å². The highest BCUT2D eigenvalue weighted by molar-refractivity contribution is 6.12. The van der Waals surface area contributed by atoms with Gasteiger partial charge >= 0.3 is 0 Å². The van der Waals surface area contributed by atoms with Gasteiger partial charge in [-0.1, -0.05) is 30.3 Å². The Bertz CT molecular complexity index is 939. The summed E-state index contributed by atoms with van der Waals surface area (Å²) in [6.45, 7) is 3.91. The molecule has 0 saturated carbocycles. The second-order valence-corrected chi connectivity index (χ2v) is 6.88. The number of hydrogen-bond acceptors (Lipinski definition) is 5. The number of hydrogen-bond donors (Lipinski definition) is 0. The van der Waals surface area contributed by atoms with Crippen LogP contribution in [0.4, 0.5) is 0 Å². The molecule has 3 rings (SSSR count). The van der Waals surface area contributed by atoms with Gasteiger partial charge in [-0.15, -0.1) is 0 Å². The first-order valence-corrected chi connectivity index (χ1v) is 8.93. The van der Waals surface area contributed by atoms with Gasteiger partial charge in [0, 0.05) is 17.7 Å². The Morgan fingerprint density at radius 1 is 1.07 bits per heavy atom. The SMILES string of the molecule is CO/C(=C\C(=O)c1c(OC)cc2c(c1OC)C=CC(C)(C)O2)c1ccccc1. The molecule has 5 nitrogen and oxygen atoms in total. The van der Waals surface area contributed by atoms with Crippen LogP contribution in [0.2, 0.25) is 0 Å². The molecule has 0 radical (unpaired) electrons. The van der Waals surface area contributed by atoms with E-state index in [1.807, 2.05) is 56.3 Å². The second kappa shape index (κ2) is 7.80. The molecule has 2 aromatic rings. The van der Waals surface area contributed by atoms with Gasteiger partial charge in [-0.25, -0.2) is 0 Å². The van der Waals surface area contributed by atoms with Crippen molar-refractivity contribution in [3.63, 3.8) is 0 Å². The third kappa shape index (κ3) is 3.74. The van der Waals surface area contributed by atoms with E-state index in [2.05, 4.69) is 0 Å². The number of methoxy groups -OCH3 is 3. The highest BCUT2D eigenvalue weighted by atomic mass is 16.5. The molecule has 2 aromatic carbocycles. The van der Waals surface area contributed by atoms with Crippen molar-refractivity contribution in [2.45, 2.75) is 19.4 Å². The average molecular weight is 380 g/mol. The summed E-state index contributed by atoms with van der Waals surface area (Å²) >= 11 is 0. The van der Waals surface area contributed by atoms with Gasteiger partial charge in [0.25, 0.3) is 0 Å². The van der Waals surface area contributed by atoms with Crippen molar-refractivity contribution in [1.82, 2.24) is 0 Å². The molecule has 1 aliphatic rings. The number of allylic oxidation sites excluding steroid dienone is 1. The molecule has 0 fully saturated rings. The van der Waals surface area contributed by atoms with Crippen LogP contribution in [-0.2, 0) is 4.74 Å². The zero-order valence-electron chi connectivity index (χ0n) is 16.7. The minimum atomic E-state index is -0.453. The molecule has 0 N–H and O–H groups in total. The maximum atomic E-state index is 13.2. The summed E-state index contributed by atoms with van der Waals surface area (Å²) in [6, 6.07) is 11.2. The minimum Gasteiger partial charge on any atom is -0.496 e. The van der Waals surface area contributed by atoms with Crippen LogP contribution in [0.15, 0.2) is 48.6 Å². The van der Waals surface area contributed by atoms with Gasteiger partial charge in [-0.05, 0) is 26.0 Å². The highest BCUT2D eigenvalue weighted by Gasteiger charge is 2.29. The third-order valence-corrected chi connectivity index (χ3v) is 4.48. The molecule has 0 amide bonds. The Morgan fingerprint density at radius 3 is 2.39 bits per heavy atom. The number of ketones is 1. The quantitative estimate of drug-likeness (QED) is 0.411. The van der Waals surface area contributed by atoms with E-state index in [1.165, 1.54) is 27.4 Å². The zero-order chi connectivity index (χ0) is 20.3. The fourth-order valence-corrected chi connectivity index (χ4v) is 3.13. The summed E-state index contributed by atoms with van der Waals surface area (Å²) in [6.07, 6.45) is 5.28. The maximum Gasteiger partial charge on any atom is 0.197 e. The lowest BCUT2D eigenvalue weighted by atomic mass is 9.96. The molecule has 0 saturated heterocycles. The van der Waals surface area contributed by atoms with E-state index in [0.29, 0.717) is 34.1 Å². The van der Waals surface area contributed by atoms with Crippen molar-refractivity contribution in [3.05, 3.63) is 65.2 Å². The Labute approximate surface area is 165 Å². The van der Waals surface area contributed by atoms with Crippen molar-refractivity contribution in [2.75, 3.05) is 21.3 Å². The second-order valence-electron chi connectivity index (χ2n) is 6.88. The van der Waals surface area contributed by atoms with E-state index in [9.17, 15) is 4.79 Å². The lowest BCUT2D eigenvalue weighted by molar-refractivity contribution is 0.103. The largest absolute Gasteiger partial charge is 0.496 e. The van der Waals surface area contributed by atoms with Crippen LogP contribution >= 0.6 is 0 Å². The van der Waals surface area contributed by atoms with E-state index in [-0.39, 0.29) is 5.78 Å². The minimum absolute atomic E-state index is 0.282.